The van der Waals surface area contributed by atoms with Crippen LogP contribution in [-0.4, -0.2) is 55.0 Å². The zero-order valence-electron chi connectivity index (χ0n) is 14.2. The summed E-state index contributed by atoms with van der Waals surface area (Å²) in [7, 11) is -3.18. The summed E-state index contributed by atoms with van der Waals surface area (Å²) in [5, 5.41) is 10.9. The molecule has 0 saturated carbocycles. The van der Waals surface area contributed by atoms with Crippen LogP contribution in [0.2, 0.25) is 0 Å². The third-order valence-corrected chi connectivity index (χ3v) is 4.11. The summed E-state index contributed by atoms with van der Waals surface area (Å²) >= 11 is 0. The molecule has 0 bridgehead atoms. The van der Waals surface area contributed by atoms with Crippen LogP contribution in [0.15, 0.2) is 4.99 Å². The number of nitrogens with zero attached hydrogens (tertiary/aromatic N) is 4. The number of halogens is 1. The molecule has 24 heavy (non-hydrogen) atoms. The molecular weight excluding hydrogens is 445 g/mol. The summed E-state index contributed by atoms with van der Waals surface area (Å²) < 4.78 is 26.5. The maximum atomic E-state index is 11.0. The van der Waals surface area contributed by atoms with Crippen molar-refractivity contribution >= 4 is 40.0 Å². The molecule has 0 saturated heterocycles. The van der Waals surface area contributed by atoms with Crippen molar-refractivity contribution in [1.29, 1.82) is 0 Å². The normalized spacial score (nSPS) is 17.8. The first-order chi connectivity index (χ1) is 10.9. The number of aliphatic imine (C=N–C) groups is 1. The van der Waals surface area contributed by atoms with Gasteiger partial charge in [-0.3, -0.25) is 4.99 Å². The number of hydrogen-bond donors (Lipinski definition) is 3. The van der Waals surface area contributed by atoms with Crippen molar-refractivity contribution < 1.29 is 8.42 Å². The second kappa shape index (κ2) is 9.51. The van der Waals surface area contributed by atoms with Crippen LogP contribution in [0.1, 0.15) is 37.5 Å². The van der Waals surface area contributed by atoms with Gasteiger partial charge in [-0.15, -0.1) is 24.0 Å². The van der Waals surface area contributed by atoms with Crippen molar-refractivity contribution in [3.8, 4) is 0 Å². The molecule has 0 fully saturated rings. The Morgan fingerprint density at radius 2 is 2.21 bits per heavy atom. The Labute approximate surface area is 160 Å². The average molecular weight is 471 g/mol. The summed E-state index contributed by atoms with van der Waals surface area (Å²) in [4.78, 5) is 8.89. The number of rotatable bonds is 6. The summed E-state index contributed by atoms with van der Waals surface area (Å²) in [5.74, 6) is 2.35. The zero-order valence-corrected chi connectivity index (χ0v) is 17.4. The van der Waals surface area contributed by atoms with Crippen molar-refractivity contribution in [2.45, 2.75) is 39.3 Å². The highest BCUT2D eigenvalue weighted by atomic mass is 127. The Morgan fingerprint density at radius 3 is 2.88 bits per heavy atom. The van der Waals surface area contributed by atoms with Crippen LogP contribution in [0.3, 0.4) is 0 Å². The SMILES string of the molecule is CCNC(=NCCNS(C)(=O)=O)NC1CCCn2nc(C)nc21.I. The Kier molecular flexibility index (Phi) is 8.36. The van der Waals surface area contributed by atoms with Gasteiger partial charge in [0.05, 0.1) is 18.8 Å². The van der Waals surface area contributed by atoms with E-state index in [4.69, 9.17) is 0 Å². The molecule has 1 aliphatic rings. The molecule has 1 aromatic heterocycles. The van der Waals surface area contributed by atoms with E-state index in [-0.39, 0.29) is 36.6 Å². The molecule has 0 aliphatic carbocycles. The molecule has 1 atom stereocenters. The first-order valence-corrected chi connectivity index (χ1v) is 9.69. The number of hydrogen-bond acceptors (Lipinski definition) is 5. The maximum absolute atomic E-state index is 11.0. The van der Waals surface area contributed by atoms with Crippen LogP contribution in [0.25, 0.3) is 0 Å². The minimum atomic E-state index is -3.18. The summed E-state index contributed by atoms with van der Waals surface area (Å²) in [6, 6.07) is 0.0608. The van der Waals surface area contributed by atoms with E-state index in [0.29, 0.717) is 12.5 Å². The molecule has 0 spiro atoms. The standard InChI is InChI=1S/C13H25N7O2S.HI/c1-4-14-13(15-7-8-16-23(3,21)22)18-11-6-5-9-20-12(11)17-10(2)19-20;/h11,16H,4-9H2,1-3H3,(H2,14,15,18);1H. The Bertz CT molecular complexity index is 659. The molecule has 2 heterocycles. The van der Waals surface area contributed by atoms with E-state index < -0.39 is 10.0 Å². The van der Waals surface area contributed by atoms with Crippen LogP contribution in [-0.2, 0) is 16.6 Å². The molecule has 3 N–H and O–H groups in total. The second-order valence-corrected chi connectivity index (χ2v) is 7.34. The third kappa shape index (κ3) is 6.51. The van der Waals surface area contributed by atoms with Gasteiger partial charge in [0.15, 0.2) is 5.96 Å². The van der Waals surface area contributed by atoms with Gasteiger partial charge in [-0.25, -0.2) is 22.8 Å². The van der Waals surface area contributed by atoms with Gasteiger partial charge in [0.2, 0.25) is 10.0 Å². The molecule has 0 amide bonds. The van der Waals surface area contributed by atoms with E-state index >= 15 is 0 Å². The highest BCUT2D eigenvalue weighted by molar-refractivity contribution is 14.0. The minimum absolute atomic E-state index is 0. The van der Waals surface area contributed by atoms with Gasteiger partial charge in [0.1, 0.15) is 11.6 Å². The van der Waals surface area contributed by atoms with Gasteiger partial charge in [-0.1, -0.05) is 0 Å². The van der Waals surface area contributed by atoms with Gasteiger partial charge in [-0.2, -0.15) is 5.10 Å². The van der Waals surface area contributed by atoms with Crippen LogP contribution >= 0.6 is 24.0 Å². The number of aromatic nitrogens is 3. The fourth-order valence-electron chi connectivity index (χ4n) is 2.49. The van der Waals surface area contributed by atoms with Gasteiger partial charge in [0.25, 0.3) is 0 Å². The largest absolute Gasteiger partial charge is 0.357 e. The average Bonchev–Trinajstić information content (AvgIpc) is 2.84. The van der Waals surface area contributed by atoms with E-state index in [2.05, 4.69) is 30.4 Å². The first-order valence-electron chi connectivity index (χ1n) is 7.80. The lowest BCUT2D eigenvalue weighted by Gasteiger charge is -2.25. The van der Waals surface area contributed by atoms with Gasteiger partial charge < -0.3 is 10.6 Å². The maximum Gasteiger partial charge on any atom is 0.208 e. The molecular formula is C13H26IN7O2S. The van der Waals surface area contributed by atoms with Crippen molar-refractivity contribution in [3.05, 3.63) is 11.6 Å². The third-order valence-electron chi connectivity index (χ3n) is 3.38. The molecule has 138 valence electrons. The van der Waals surface area contributed by atoms with Crippen molar-refractivity contribution in [2.24, 2.45) is 4.99 Å². The van der Waals surface area contributed by atoms with Crippen molar-refractivity contribution in [3.63, 3.8) is 0 Å². The second-order valence-electron chi connectivity index (χ2n) is 5.51. The Balaban J connectivity index is 0.00000288. The molecule has 1 aromatic rings. The lowest BCUT2D eigenvalue weighted by Crippen LogP contribution is -2.42. The molecule has 2 rings (SSSR count). The smallest absolute Gasteiger partial charge is 0.208 e. The number of sulfonamides is 1. The topological polar surface area (TPSA) is 113 Å². The molecule has 1 unspecified atom stereocenters. The zero-order chi connectivity index (χ0) is 16.9. The highest BCUT2D eigenvalue weighted by Crippen LogP contribution is 2.22. The van der Waals surface area contributed by atoms with E-state index in [0.717, 1.165) is 43.8 Å². The Hall–Kier alpha value is -0.950. The van der Waals surface area contributed by atoms with Gasteiger partial charge in [-0.05, 0) is 26.7 Å². The predicted octanol–water partition coefficient (Wildman–Crippen LogP) is 0.144. The number of fused-ring (bicyclic) bond motifs is 1. The van der Waals surface area contributed by atoms with Gasteiger partial charge >= 0.3 is 0 Å². The summed E-state index contributed by atoms with van der Waals surface area (Å²) in [6.07, 6.45) is 3.13. The fraction of sp³-hybridized carbons (Fsp3) is 0.769. The minimum Gasteiger partial charge on any atom is -0.357 e. The Morgan fingerprint density at radius 1 is 1.46 bits per heavy atom. The summed E-state index contributed by atoms with van der Waals surface area (Å²) in [5.41, 5.74) is 0. The lowest BCUT2D eigenvalue weighted by atomic mass is 10.1. The molecule has 9 nitrogen and oxygen atoms in total. The van der Waals surface area contributed by atoms with E-state index in [9.17, 15) is 8.42 Å². The first kappa shape index (κ1) is 21.1. The van der Waals surface area contributed by atoms with E-state index in [1.54, 1.807) is 0 Å². The predicted molar refractivity (Wildman–Crippen MR) is 104 cm³/mol. The lowest BCUT2D eigenvalue weighted by molar-refractivity contribution is 0.397. The number of nitrogens with one attached hydrogen (secondary N) is 3. The number of aryl methyl sites for hydroxylation is 2. The monoisotopic (exact) mass is 471 g/mol. The number of guanidine groups is 1. The molecule has 0 radical (unpaired) electrons. The van der Waals surface area contributed by atoms with Crippen molar-refractivity contribution in [2.75, 3.05) is 25.9 Å². The molecule has 0 aromatic carbocycles. The van der Waals surface area contributed by atoms with Crippen LogP contribution < -0.4 is 15.4 Å². The van der Waals surface area contributed by atoms with Gasteiger partial charge in [0, 0.05) is 19.6 Å². The molecule has 1 aliphatic heterocycles. The van der Waals surface area contributed by atoms with Crippen LogP contribution in [0.5, 0.6) is 0 Å². The van der Waals surface area contributed by atoms with Crippen LogP contribution in [0, 0.1) is 6.92 Å². The molecule has 11 heteroatoms. The van der Waals surface area contributed by atoms with Crippen molar-refractivity contribution in [1.82, 2.24) is 30.1 Å². The fourth-order valence-corrected chi connectivity index (χ4v) is 2.95. The van der Waals surface area contributed by atoms with E-state index in [1.807, 2.05) is 18.5 Å². The van der Waals surface area contributed by atoms with E-state index in [1.165, 1.54) is 0 Å². The highest BCUT2D eigenvalue weighted by Gasteiger charge is 2.24. The van der Waals surface area contributed by atoms with Crippen LogP contribution in [0.4, 0.5) is 0 Å². The summed E-state index contributed by atoms with van der Waals surface area (Å²) in [6.45, 7) is 6.12. The quantitative estimate of drug-likeness (QED) is 0.236.